The van der Waals surface area contributed by atoms with E-state index < -0.39 is 5.97 Å². The van der Waals surface area contributed by atoms with Crippen molar-refractivity contribution in [2.75, 3.05) is 6.54 Å². The quantitative estimate of drug-likeness (QED) is 0.507. The summed E-state index contributed by atoms with van der Waals surface area (Å²) < 4.78 is 1.25. The summed E-state index contributed by atoms with van der Waals surface area (Å²) in [6.45, 7) is 3.14. The van der Waals surface area contributed by atoms with E-state index in [2.05, 4.69) is 63.9 Å². The fraction of sp³-hybridized carbons (Fsp3) is 0.208. The maximum absolute atomic E-state index is 12.0. The van der Waals surface area contributed by atoms with E-state index in [9.17, 15) is 9.59 Å². The van der Waals surface area contributed by atoms with Gasteiger partial charge in [0.05, 0.1) is 23.9 Å². The highest BCUT2D eigenvalue weighted by molar-refractivity contribution is 6.01. The van der Waals surface area contributed by atoms with Crippen LogP contribution in [0.2, 0.25) is 0 Å². The minimum absolute atomic E-state index is 0.0218. The minimum atomic E-state index is -1.09. The number of amides is 1. The molecule has 33 heavy (non-hydrogen) atoms. The molecule has 1 aliphatic carbocycles. The van der Waals surface area contributed by atoms with Gasteiger partial charge in [-0.25, -0.2) is 14.5 Å². The number of aromatic nitrogens is 2. The monoisotopic (exact) mass is 446 g/mol. The third-order valence-electron chi connectivity index (χ3n) is 5.00. The Labute approximate surface area is 191 Å². The molecule has 170 valence electrons. The van der Waals surface area contributed by atoms with E-state index >= 15 is 0 Å². The highest BCUT2D eigenvalue weighted by Gasteiger charge is 2.19. The molecule has 9 nitrogen and oxygen atoms in total. The molecule has 1 aliphatic heterocycles. The molecule has 4 N–H and O–H groups in total. The van der Waals surface area contributed by atoms with Crippen LogP contribution in [0.5, 0.6) is 0 Å². The number of nitrogens with zero attached hydrogens (tertiary/aromatic N) is 3. The number of carboxylic acids is 1. The van der Waals surface area contributed by atoms with Gasteiger partial charge in [0.25, 0.3) is 0 Å². The number of allylic oxidation sites excluding steroid dienone is 2. The highest BCUT2D eigenvalue weighted by atomic mass is 16.4. The fourth-order valence-electron chi connectivity index (χ4n) is 3.52. The molecule has 0 atom stereocenters. The molecule has 2 heterocycles. The molecule has 2 aliphatic rings. The molecule has 0 saturated heterocycles. The Hall–Kier alpha value is -4.27. The third-order valence-corrected chi connectivity index (χ3v) is 5.00. The molecule has 9 heteroatoms. The van der Waals surface area contributed by atoms with Crippen molar-refractivity contribution in [3.63, 3.8) is 0 Å². The summed E-state index contributed by atoms with van der Waals surface area (Å²) in [7, 11) is 0. The molecule has 2 aromatic rings. The molecule has 0 radical (unpaired) electrons. The molecule has 0 saturated carbocycles. The first-order chi connectivity index (χ1) is 16.1. The van der Waals surface area contributed by atoms with E-state index in [1.807, 2.05) is 6.07 Å². The van der Waals surface area contributed by atoms with Crippen LogP contribution in [-0.2, 0) is 11.2 Å². The Bertz CT molecular complexity index is 1130. The lowest BCUT2D eigenvalue weighted by atomic mass is 9.94. The molecule has 0 spiro atoms. The van der Waals surface area contributed by atoms with Gasteiger partial charge in [-0.05, 0) is 37.1 Å². The average molecular weight is 447 g/mol. The largest absolute Gasteiger partial charge is 0.478 e. The van der Waals surface area contributed by atoms with Crippen LogP contribution in [0.15, 0.2) is 82.9 Å². The molecule has 0 bridgehead atoms. The van der Waals surface area contributed by atoms with Crippen molar-refractivity contribution in [3.05, 3.63) is 89.0 Å². The standard InChI is InChI=1S/C23H23N5O3.CH3N/c29-21-11-20(26-23(27-21)28-15-19(13-25-28)22(30)31)14-24-12-18-8-4-7-17(10-18)9-16-5-2-1-3-6-16;1-2/h1-3,5-6,8,10,13-15,24H,4,7,9,11-12H2,(H,30,31)(H,26,27,29);2H,1H2/b20-14+;. The molecule has 0 fully saturated rings. The zero-order valence-electron chi connectivity index (χ0n) is 18.1. The van der Waals surface area contributed by atoms with Gasteiger partial charge in [0.1, 0.15) is 0 Å². The molecular formula is C24H26N6O3. The number of nitrogens with one attached hydrogen (secondary N) is 3. The van der Waals surface area contributed by atoms with Crippen molar-refractivity contribution in [1.82, 2.24) is 20.4 Å². The highest BCUT2D eigenvalue weighted by Crippen LogP contribution is 2.21. The van der Waals surface area contributed by atoms with E-state index in [-0.39, 0.29) is 23.9 Å². The van der Waals surface area contributed by atoms with Gasteiger partial charge in [0.2, 0.25) is 11.9 Å². The summed E-state index contributed by atoms with van der Waals surface area (Å²) >= 11 is 0. The van der Waals surface area contributed by atoms with Crippen LogP contribution < -0.4 is 10.6 Å². The fourth-order valence-corrected chi connectivity index (χ4v) is 3.52. The van der Waals surface area contributed by atoms with Gasteiger partial charge in [0, 0.05) is 18.9 Å². The Kier molecular flexibility index (Phi) is 8.07. The lowest BCUT2D eigenvalue weighted by Crippen LogP contribution is -2.39. The lowest BCUT2D eigenvalue weighted by molar-refractivity contribution is -0.119. The number of benzene rings is 1. The van der Waals surface area contributed by atoms with Crippen LogP contribution >= 0.6 is 0 Å². The first kappa shape index (κ1) is 23.4. The molecule has 1 aromatic carbocycles. The summed E-state index contributed by atoms with van der Waals surface area (Å²) in [6, 6.07) is 10.4. The lowest BCUT2D eigenvalue weighted by Gasteiger charge is -2.16. The molecule has 4 rings (SSSR count). The third kappa shape index (κ3) is 6.60. The van der Waals surface area contributed by atoms with E-state index in [1.54, 1.807) is 6.20 Å². The first-order valence-electron chi connectivity index (χ1n) is 10.4. The van der Waals surface area contributed by atoms with Crippen molar-refractivity contribution in [3.8, 4) is 0 Å². The van der Waals surface area contributed by atoms with Gasteiger partial charge in [0.15, 0.2) is 0 Å². The second kappa shape index (κ2) is 11.4. The van der Waals surface area contributed by atoms with Gasteiger partial charge < -0.3 is 15.8 Å². The number of carboxylic acid groups (broad SMARTS) is 1. The number of carbonyl (C=O) groups excluding carboxylic acids is 1. The Balaban J connectivity index is 0.00000149. The zero-order chi connectivity index (χ0) is 23.6. The van der Waals surface area contributed by atoms with E-state index in [1.165, 1.54) is 33.8 Å². The van der Waals surface area contributed by atoms with E-state index in [4.69, 9.17) is 10.5 Å². The number of hydrogen-bond acceptors (Lipinski definition) is 6. The summed E-state index contributed by atoms with van der Waals surface area (Å²) in [6.07, 6.45) is 11.9. The van der Waals surface area contributed by atoms with Gasteiger partial charge in [-0.2, -0.15) is 5.10 Å². The number of rotatable bonds is 6. The van der Waals surface area contributed by atoms with E-state index in [0.717, 1.165) is 19.3 Å². The predicted octanol–water partition coefficient (Wildman–Crippen LogP) is 2.89. The number of hydrogen-bond donors (Lipinski definition) is 4. The predicted molar refractivity (Wildman–Crippen MR) is 126 cm³/mol. The van der Waals surface area contributed by atoms with Crippen molar-refractivity contribution < 1.29 is 14.7 Å². The summed E-state index contributed by atoms with van der Waals surface area (Å²) in [5, 5.41) is 24.3. The summed E-state index contributed by atoms with van der Waals surface area (Å²) in [5.74, 6) is -1.14. The second-order valence-electron chi connectivity index (χ2n) is 7.44. The SMILES string of the molecule is C=N.O=C1C/C(=C\NCC2=CCCC(Cc3ccccc3)=C2)N=C(n2cc(C(=O)O)cn2)N1. The van der Waals surface area contributed by atoms with E-state index in [0.29, 0.717) is 12.2 Å². The van der Waals surface area contributed by atoms with Crippen molar-refractivity contribution >= 4 is 24.6 Å². The Morgan fingerprint density at radius 2 is 2.09 bits per heavy atom. The average Bonchev–Trinajstić information content (AvgIpc) is 3.32. The second-order valence-corrected chi connectivity index (χ2v) is 7.44. The molecule has 1 aromatic heterocycles. The normalized spacial score (nSPS) is 16.5. The summed E-state index contributed by atoms with van der Waals surface area (Å²) in [5.41, 5.74) is 4.49. The molecular weight excluding hydrogens is 420 g/mol. The number of aliphatic imine (C=N–C) groups is 1. The molecule has 1 amide bonds. The Morgan fingerprint density at radius 1 is 1.30 bits per heavy atom. The van der Waals surface area contributed by atoms with Crippen molar-refractivity contribution in [2.45, 2.75) is 25.7 Å². The van der Waals surface area contributed by atoms with Gasteiger partial charge in [-0.1, -0.05) is 48.1 Å². The maximum atomic E-state index is 12.0. The summed E-state index contributed by atoms with van der Waals surface area (Å²) in [4.78, 5) is 27.5. The number of aromatic carboxylic acids is 1. The zero-order valence-corrected chi connectivity index (χ0v) is 18.1. The first-order valence-corrected chi connectivity index (χ1v) is 10.4. The maximum Gasteiger partial charge on any atom is 0.338 e. The van der Waals surface area contributed by atoms with Crippen molar-refractivity contribution in [2.24, 2.45) is 4.99 Å². The van der Waals surface area contributed by atoms with Crippen LogP contribution in [0.25, 0.3) is 0 Å². The van der Waals surface area contributed by atoms with Crippen LogP contribution in [0.1, 0.15) is 35.2 Å². The van der Waals surface area contributed by atoms with Gasteiger partial charge in [-0.3, -0.25) is 10.1 Å². The molecule has 0 unspecified atom stereocenters. The van der Waals surface area contributed by atoms with Crippen molar-refractivity contribution in [1.29, 1.82) is 5.41 Å². The van der Waals surface area contributed by atoms with Gasteiger partial charge in [-0.15, -0.1) is 0 Å². The van der Waals surface area contributed by atoms with Crippen LogP contribution in [0, 0.1) is 5.41 Å². The smallest absolute Gasteiger partial charge is 0.338 e. The van der Waals surface area contributed by atoms with Crippen LogP contribution in [0.4, 0.5) is 0 Å². The topological polar surface area (TPSA) is 132 Å². The Morgan fingerprint density at radius 3 is 2.82 bits per heavy atom. The van der Waals surface area contributed by atoms with Crippen LogP contribution in [-0.4, -0.2) is 46.0 Å². The minimum Gasteiger partial charge on any atom is -0.478 e. The van der Waals surface area contributed by atoms with Crippen LogP contribution in [0.3, 0.4) is 0 Å². The van der Waals surface area contributed by atoms with Gasteiger partial charge >= 0.3 is 5.97 Å². The number of carbonyl (C=O) groups is 2.